The number of aromatic nitrogens is 8. The molecule has 0 fully saturated rings. The minimum absolute atomic E-state index is 0.0503. The summed E-state index contributed by atoms with van der Waals surface area (Å²) in [4.78, 5) is 24.3. The Balaban J connectivity index is 1.64. The molecule has 0 aliphatic heterocycles. The van der Waals surface area contributed by atoms with Crippen LogP contribution >= 0.6 is 23.5 Å². The summed E-state index contributed by atoms with van der Waals surface area (Å²) in [5.41, 5.74) is 0. The predicted octanol–water partition coefficient (Wildman–Crippen LogP) is -0.201. The third-order valence-corrected chi connectivity index (χ3v) is 5.86. The number of nitrogens with zero attached hydrogens (tertiary/aromatic N) is 8. The molecule has 1 unspecified atom stereocenters. The van der Waals surface area contributed by atoms with Gasteiger partial charge >= 0.3 is 0 Å². The maximum absolute atomic E-state index is 12.2. The quantitative estimate of drug-likeness (QED) is 0.400. The van der Waals surface area contributed by atoms with Crippen LogP contribution in [0.3, 0.4) is 0 Å². The van der Waals surface area contributed by atoms with Gasteiger partial charge in [0, 0.05) is 51.0 Å². The number of aryl methyl sites for hydroxylation is 2. The zero-order valence-electron chi connectivity index (χ0n) is 16.7. The standard InChI is InChI=1S/C15H26N10O2S2/c1-4-5-11(17-13(27)7-9-29-15-19-21-23-25(15)3)10-16-12(26)6-8-28-14-18-20-22-24(14)2/h11H,4-10H2,1-3H3,(H,16,26)(H,17,27). The van der Waals surface area contributed by atoms with Gasteiger partial charge in [-0.05, 0) is 27.3 Å². The van der Waals surface area contributed by atoms with Gasteiger partial charge in [-0.2, -0.15) is 0 Å². The van der Waals surface area contributed by atoms with E-state index in [2.05, 4.69) is 41.7 Å². The number of tetrazole rings is 2. The van der Waals surface area contributed by atoms with Crippen LogP contribution in [-0.2, 0) is 23.7 Å². The van der Waals surface area contributed by atoms with Crippen LogP contribution in [0.15, 0.2) is 10.3 Å². The van der Waals surface area contributed by atoms with Gasteiger partial charge in [0.05, 0.1) is 0 Å². The van der Waals surface area contributed by atoms with E-state index in [0.717, 1.165) is 12.8 Å². The average Bonchev–Trinajstić information content (AvgIpc) is 3.28. The molecule has 2 amide bonds. The Morgan fingerprint density at radius 3 is 2.00 bits per heavy atom. The molecule has 0 aliphatic carbocycles. The summed E-state index contributed by atoms with van der Waals surface area (Å²) in [6.07, 6.45) is 2.42. The molecular weight excluding hydrogens is 416 g/mol. The molecule has 0 radical (unpaired) electrons. The highest BCUT2D eigenvalue weighted by Crippen LogP contribution is 2.14. The van der Waals surface area contributed by atoms with Crippen molar-refractivity contribution in [3.63, 3.8) is 0 Å². The molecule has 2 aromatic rings. The van der Waals surface area contributed by atoms with Crippen LogP contribution in [0.25, 0.3) is 0 Å². The lowest BCUT2D eigenvalue weighted by molar-refractivity contribution is -0.123. The number of rotatable bonds is 13. The lowest BCUT2D eigenvalue weighted by Gasteiger charge is -2.18. The lowest BCUT2D eigenvalue weighted by atomic mass is 10.1. The molecule has 0 saturated carbocycles. The van der Waals surface area contributed by atoms with Crippen molar-refractivity contribution in [2.45, 2.75) is 49.0 Å². The fourth-order valence-corrected chi connectivity index (χ4v) is 3.93. The summed E-state index contributed by atoms with van der Waals surface area (Å²) >= 11 is 2.85. The highest BCUT2D eigenvalue weighted by molar-refractivity contribution is 7.99. The van der Waals surface area contributed by atoms with Gasteiger partial charge in [0.15, 0.2) is 0 Å². The van der Waals surface area contributed by atoms with Crippen molar-refractivity contribution < 1.29 is 9.59 Å². The van der Waals surface area contributed by atoms with Crippen molar-refractivity contribution >= 4 is 35.3 Å². The highest BCUT2D eigenvalue weighted by atomic mass is 32.2. The van der Waals surface area contributed by atoms with Gasteiger partial charge < -0.3 is 10.6 Å². The zero-order chi connectivity index (χ0) is 21.1. The molecule has 0 aliphatic rings. The molecule has 2 rings (SSSR count). The molecule has 1 atom stereocenters. The topological polar surface area (TPSA) is 145 Å². The van der Waals surface area contributed by atoms with E-state index < -0.39 is 0 Å². The first-order chi connectivity index (χ1) is 14.0. The van der Waals surface area contributed by atoms with Crippen LogP contribution in [0.4, 0.5) is 0 Å². The Hall–Kier alpha value is -2.22. The van der Waals surface area contributed by atoms with E-state index in [1.165, 1.54) is 23.5 Å². The van der Waals surface area contributed by atoms with Crippen molar-refractivity contribution in [3.05, 3.63) is 0 Å². The van der Waals surface area contributed by atoms with E-state index in [-0.39, 0.29) is 17.9 Å². The monoisotopic (exact) mass is 442 g/mol. The van der Waals surface area contributed by atoms with E-state index in [0.29, 0.717) is 41.2 Å². The molecule has 0 bridgehead atoms. The molecular formula is C15H26N10O2S2. The molecule has 0 aromatic carbocycles. The van der Waals surface area contributed by atoms with Gasteiger partial charge in [0.1, 0.15) is 0 Å². The van der Waals surface area contributed by atoms with Crippen molar-refractivity contribution in [1.82, 2.24) is 51.0 Å². The van der Waals surface area contributed by atoms with Crippen LogP contribution in [0.5, 0.6) is 0 Å². The Labute approximate surface area is 177 Å². The van der Waals surface area contributed by atoms with Crippen molar-refractivity contribution in [1.29, 1.82) is 0 Å². The molecule has 2 N–H and O–H groups in total. The predicted molar refractivity (Wildman–Crippen MR) is 108 cm³/mol. The lowest BCUT2D eigenvalue weighted by Crippen LogP contribution is -2.43. The maximum atomic E-state index is 12.2. The van der Waals surface area contributed by atoms with Crippen LogP contribution in [0.1, 0.15) is 32.6 Å². The molecule has 29 heavy (non-hydrogen) atoms. The Bertz CT molecular complexity index is 781. The summed E-state index contributed by atoms with van der Waals surface area (Å²) in [5.74, 6) is 1.05. The second-order valence-electron chi connectivity index (χ2n) is 6.22. The minimum atomic E-state index is -0.0893. The fraction of sp³-hybridized carbons (Fsp3) is 0.733. The third-order valence-electron chi connectivity index (χ3n) is 3.83. The Kier molecular flexibility index (Phi) is 9.83. The van der Waals surface area contributed by atoms with Crippen molar-refractivity contribution in [3.8, 4) is 0 Å². The summed E-state index contributed by atoms with van der Waals surface area (Å²) in [7, 11) is 3.51. The Morgan fingerprint density at radius 1 is 0.966 bits per heavy atom. The first-order valence-electron chi connectivity index (χ1n) is 9.26. The highest BCUT2D eigenvalue weighted by Gasteiger charge is 2.14. The number of hydrogen-bond donors (Lipinski definition) is 2. The average molecular weight is 443 g/mol. The molecule has 12 nitrogen and oxygen atoms in total. The van der Waals surface area contributed by atoms with Gasteiger partial charge in [-0.15, -0.1) is 10.2 Å². The summed E-state index contributed by atoms with van der Waals surface area (Å²) in [6.45, 7) is 2.46. The first-order valence-corrected chi connectivity index (χ1v) is 11.2. The molecule has 0 saturated heterocycles. The smallest absolute Gasteiger partial charge is 0.221 e. The second-order valence-corrected chi connectivity index (χ2v) is 8.35. The number of hydrogen-bond acceptors (Lipinski definition) is 10. The van der Waals surface area contributed by atoms with Gasteiger partial charge in [-0.25, -0.2) is 9.36 Å². The molecule has 2 aromatic heterocycles. The van der Waals surface area contributed by atoms with Crippen molar-refractivity contribution in [2.75, 3.05) is 18.1 Å². The largest absolute Gasteiger partial charge is 0.354 e. The summed E-state index contributed by atoms with van der Waals surface area (Å²) in [5, 5.41) is 29.6. The van der Waals surface area contributed by atoms with Crippen molar-refractivity contribution in [2.24, 2.45) is 14.1 Å². The van der Waals surface area contributed by atoms with Gasteiger partial charge in [-0.1, -0.05) is 36.9 Å². The van der Waals surface area contributed by atoms with E-state index in [9.17, 15) is 9.59 Å². The van der Waals surface area contributed by atoms with E-state index >= 15 is 0 Å². The Morgan fingerprint density at radius 2 is 1.52 bits per heavy atom. The molecule has 160 valence electrons. The number of carbonyl (C=O) groups is 2. The van der Waals surface area contributed by atoms with Gasteiger partial charge in [0.25, 0.3) is 0 Å². The van der Waals surface area contributed by atoms with Gasteiger partial charge in [0.2, 0.25) is 22.1 Å². The van der Waals surface area contributed by atoms with Crippen LogP contribution in [0, 0.1) is 0 Å². The van der Waals surface area contributed by atoms with Crippen LogP contribution in [0.2, 0.25) is 0 Å². The molecule has 14 heteroatoms. The maximum Gasteiger partial charge on any atom is 0.221 e. The van der Waals surface area contributed by atoms with Crippen LogP contribution in [-0.4, -0.2) is 76.3 Å². The summed E-state index contributed by atoms with van der Waals surface area (Å²) in [6, 6.07) is -0.0893. The third kappa shape index (κ3) is 8.35. The molecule has 0 spiro atoms. The number of nitrogens with one attached hydrogen (secondary N) is 2. The minimum Gasteiger partial charge on any atom is -0.354 e. The normalized spacial score (nSPS) is 12.0. The SMILES string of the molecule is CCCC(CNC(=O)CCSc1nnnn1C)NC(=O)CCSc1nnnn1C. The zero-order valence-corrected chi connectivity index (χ0v) is 18.4. The van der Waals surface area contributed by atoms with Crippen LogP contribution < -0.4 is 10.6 Å². The first kappa shape index (κ1) is 23.1. The van der Waals surface area contributed by atoms with Gasteiger partial charge in [-0.3, -0.25) is 9.59 Å². The fourth-order valence-electron chi connectivity index (χ4n) is 2.36. The number of thioether (sulfide) groups is 2. The molecule has 2 heterocycles. The summed E-state index contributed by atoms with van der Waals surface area (Å²) < 4.78 is 3.13. The van der Waals surface area contributed by atoms with E-state index in [1.807, 2.05) is 6.92 Å². The number of amides is 2. The van der Waals surface area contributed by atoms with E-state index in [4.69, 9.17) is 0 Å². The van der Waals surface area contributed by atoms with E-state index in [1.54, 1.807) is 23.5 Å². The second kappa shape index (κ2) is 12.4. The number of carbonyl (C=O) groups excluding carboxylic acids is 2.